The topological polar surface area (TPSA) is 83.8 Å². The summed E-state index contributed by atoms with van der Waals surface area (Å²) in [5, 5.41) is 19.9. The van der Waals surface area contributed by atoms with Crippen LogP contribution < -0.4 is 0 Å². The number of hydrogen-bond donors (Lipinski definition) is 2. The molecule has 0 bridgehead atoms. The van der Waals surface area contributed by atoms with Crippen molar-refractivity contribution in [2.75, 3.05) is 0 Å². The number of carbonyl (C=O) groups excluding carboxylic acids is 2. The standard InChI is InChI=1S/C36H66O5.Zn/c1-3-5-7-21-27-33(37)29-23-17-13-9-11-15-19-25-31-35(39)41-36(40)32-26-20-16-12-10-14-18-24-30-34(38)28-22-8-6-4-2;/h17-18,23-24,33-34,37-38H,3-16,19-22,25-32H2,1-2H3;/b23-17-,24-18-;/t33-,34-;/m1./s1. The summed E-state index contributed by atoms with van der Waals surface area (Å²) in [5.41, 5.74) is 0. The largest absolute Gasteiger partial charge is 0.393 e. The van der Waals surface area contributed by atoms with Crippen molar-refractivity contribution in [2.45, 2.75) is 193 Å². The first-order chi connectivity index (χ1) is 20.0. The monoisotopic (exact) mass is 642 g/mol. The minimum atomic E-state index is -0.385. The van der Waals surface area contributed by atoms with Crippen molar-refractivity contribution in [1.29, 1.82) is 0 Å². The Hall–Kier alpha value is -0.837. The molecule has 2 atom stereocenters. The Morgan fingerprint density at radius 2 is 0.881 bits per heavy atom. The van der Waals surface area contributed by atoms with E-state index in [2.05, 4.69) is 38.2 Å². The number of rotatable bonds is 30. The van der Waals surface area contributed by atoms with Crippen LogP contribution in [0.1, 0.15) is 181 Å². The number of aliphatic hydroxyl groups is 2. The van der Waals surface area contributed by atoms with Crippen molar-refractivity contribution in [3.8, 4) is 0 Å². The number of aliphatic hydroxyl groups excluding tert-OH is 2. The van der Waals surface area contributed by atoms with Crippen LogP contribution in [0, 0.1) is 0 Å². The van der Waals surface area contributed by atoms with Crippen LogP contribution in [0.15, 0.2) is 24.3 Å². The number of esters is 2. The molecule has 0 aliphatic rings. The summed E-state index contributed by atoms with van der Waals surface area (Å²) < 4.78 is 4.97. The van der Waals surface area contributed by atoms with E-state index in [1.807, 2.05) is 0 Å². The minimum absolute atomic E-state index is 0. The van der Waals surface area contributed by atoms with Gasteiger partial charge in [-0.1, -0.05) is 128 Å². The first-order valence-electron chi connectivity index (χ1n) is 17.4. The van der Waals surface area contributed by atoms with Gasteiger partial charge in [0.2, 0.25) is 0 Å². The molecule has 0 aliphatic heterocycles. The molecule has 0 amide bonds. The normalized spacial score (nSPS) is 13.0. The van der Waals surface area contributed by atoms with E-state index < -0.39 is 0 Å². The number of carbonyl (C=O) groups is 2. The van der Waals surface area contributed by atoms with Crippen LogP contribution in [0.5, 0.6) is 0 Å². The average molecular weight is 644 g/mol. The van der Waals surface area contributed by atoms with Crippen LogP contribution in [-0.2, 0) is 33.8 Å². The van der Waals surface area contributed by atoms with Gasteiger partial charge in [0, 0.05) is 32.3 Å². The minimum Gasteiger partial charge on any atom is -0.393 e. The quantitative estimate of drug-likeness (QED) is 0.0267. The summed E-state index contributed by atoms with van der Waals surface area (Å²) in [6.07, 6.45) is 34.2. The summed E-state index contributed by atoms with van der Waals surface area (Å²) in [4.78, 5) is 23.8. The Balaban J connectivity index is 0. The van der Waals surface area contributed by atoms with E-state index in [-0.39, 0.29) is 43.6 Å². The molecule has 0 fully saturated rings. The Morgan fingerprint density at radius 3 is 1.29 bits per heavy atom. The van der Waals surface area contributed by atoms with Gasteiger partial charge in [-0.05, 0) is 64.2 Å². The Morgan fingerprint density at radius 1 is 0.524 bits per heavy atom. The van der Waals surface area contributed by atoms with Crippen LogP contribution in [0.4, 0.5) is 0 Å². The molecule has 0 unspecified atom stereocenters. The van der Waals surface area contributed by atoms with E-state index in [1.54, 1.807) is 0 Å². The predicted octanol–water partition coefficient (Wildman–Crippen LogP) is 10.1. The molecule has 5 nitrogen and oxygen atoms in total. The molecule has 0 spiro atoms. The van der Waals surface area contributed by atoms with Crippen LogP contribution in [-0.4, -0.2) is 34.4 Å². The number of hydrogen-bond acceptors (Lipinski definition) is 5. The molecule has 0 heterocycles. The summed E-state index contributed by atoms with van der Waals surface area (Å²) in [6.45, 7) is 4.40. The molecule has 0 aromatic rings. The van der Waals surface area contributed by atoms with Gasteiger partial charge in [-0.15, -0.1) is 0 Å². The van der Waals surface area contributed by atoms with Gasteiger partial charge in [0.15, 0.2) is 0 Å². The SMILES string of the molecule is CCCCCC[C@@H](O)C/C=C\CCCCCCCC(=O)OC(=O)CCCCCCC/C=C\C[C@H](O)CCCCCC.[Zn]. The first kappa shape index (κ1) is 43.3. The van der Waals surface area contributed by atoms with Gasteiger partial charge in [-0.2, -0.15) is 0 Å². The van der Waals surface area contributed by atoms with Gasteiger partial charge in [0.1, 0.15) is 0 Å². The second-order valence-corrected chi connectivity index (χ2v) is 11.9. The van der Waals surface area contributed by atoms with Crippen molar-refractivity contribution in [1.82, 2.24) is 0 Å². The zero-order valence-corrected chi connectivity index (χ0v) is 30.6. The molecular weight excluding hydrogens is 578 g/mol. The third-order valence-electron chi connectivity index (χ3n) is 7.66. The third-order valence-corrected chi connectivity index (χ3v) is 7.66. The summed E-state index contributed by atoms with van der Waals surface area (Å²) in [7, 11) is 0. The molecule has 0 rings (SSSR count). The van der Waals surface area contributed by atoms with Crippen molar-refractivity contribution in [2.24, 2.45) is 0 Å². The fourth-order valence-corrected chi connectivity index (χ4v) is 4.94. The maximum atomic E-state index is 11.9. The van der Waals surface area contributed by atoms with Gasteiger partial charge in [0.25, 0.3) is 0 Å². The fraction of sp³-hybridized carbons (Fsp3) is 0.833. The van der Waals surface area contributed by atoms with Gasteiger partial charge < -0.3 is 14.9 Å². The molecule has 2 N–H and O–H groups in total. The van der Waals surface area contributed by atoms with Crippen LogP contribution in [0.3, 0.4) is 0 Å². The number of allylic oxidation sites excluding steroid dienone is 2. The van der Waals surface area contributed by atoms with Crippen LogP contribution in [0.25, 0.3) is 0 Å². The van der Waals surface area contributed by atoms with E-state index in [0.717, 1.165) is 116 Å². The van der Waals surface area contributed by atoms with Crippen molar-refractivity contribution in [3.05, 3.63) is 24.3 Å². The molecule has 0 aliphatic carbocycles. The van der Waals surface area contributed by atoms with Gasteiger partial charge in [0.05, 0.1) is 12.2 Å². The smallest absolute Gasteiger partial charge is 0.313 e. The van der Waals surface area contributed by atoms with Crippen LogP contribution >= 0.6 is 0 Å². The summed E-state index contributed by atoms with van der Waals surface area (Å²) >= 11 is 0. The second-order valence-electron chi connectivity index (χ2n) is 11.9. The molecule has 242 valence electrons. The molecule has 6 heteroatoms. The van der Waals surface area contributed by atoms with Crippen molar-refractivity contribution in [3.63, 3.8) is 0 Å². The maximum absolute atomic E-state index is 11.9. The van der Waals surface area contributed by atoms with E-state index in [0.29, 0.717) is 12.8 Å². The van der Waals surface area contributed by atoms with Crippen LogP contribution in [0.2, 0.25) is 0 Å². The number of unbranched alkanes of at least 4 members (excludes halogenated alkanes) is 16. The van der Waals surface area contributed by atoms with Gasteiger partial charge >= 0.3 is 11.9 Å². The molecule has 42 heavy (non-hydrogen) atoms. The predicted molar refractivity (Wildman–Crippen MR) is 173 cm³/mol. The molecule has 0 aromatic carbocycles. The zero-order valence-electron chi connectivity index (χ0n) is 27.7. The molecule has 0 aromatic heterocycles. The van der Waals surface area contributed by atoms with Gasteiger partial charge in [-0.25, -0.2) is 0 Å². The van der Waals surface area contributed by atoms with Crippen molar-refractivity contribution < 1.29 is 44.0 Å². The molecule has 0 saturated carbocycles. The van der Waals surface area contributed by atoms with E-state index in [1.165, 1.54) is 38.5 Å². The molecule has 0 radical (unpaired) electrons. The number of ether oxygens (including phenoxy) is 1. The summed E-state index contributed by atoms with van der Waals surface area (Å²) in [6, 6.07) is 0. The van der Waals surface area contributed by atoms with E-state index >= 15 is 0 Å². The Bertz CT molecular complexity index is 595. The average Bonchev–Trinajstić information content (AvgIpc) is 2.95. The zero-order chi connectivity index (χ0) is 30.2. The molecular formula is C36H66O5Zn. The van der Waals surface area contributed by atoms with E-state index in [9.17, 15) is 19.8 Å². The fourth-order valence-electron chi connectivity index (χ4n) is 4.94. The first-order valence-corrected chi connectivity index (χ1v) is 17.4. The van der Waals surface area contributed by atoms with Crippen molar-refractivity contribution >= 4 is 11.9 Å². The van der Waals surface area contributed by atoms with Gasteiger partial charge in [-0.3, -0.25) is 9.59 Å². The summed E-state index contributed by atoms with van der Waals surface area (Å²) in [5.74, 6) is -0.770. The second kappa shape index (κ2) is 34.7. The Labute approximate surface area is 272 Å². The Kier molecular flexibility index (Phi) is 35.7. The maximum Gasteiger partial charge on any atom is 0.313 e. The third kappa shape index (κ3) is 33.7. The molecule has 0 saturated heterocycles. The van der Waals surface area contributed by atoms with E-state index in [4.69, 9.17) is 4.74 Å².